The number of nitro benzene ring substituents is 1. The fourth-order valence-electron chi connectivity index (χ4n) is 2.06. The van der Waals surface area contributed by atoms with Crippen molar-refractivity contribution in [1.29, 1.82) is 0 Å². The number of benzene rings is 2. The molecule has 0 saturated heterocycles. The topological polar surface area (TPSA) is 136 Å². The average Bonchev–Trinajstić information content (AvgIpc) is 2.62. The predicted octanol–water partition coefficient (Wildman–Crippen LogP) is 3.92. The van der Waals surface area contributed by atoms with Crippen molar-refractivity contribution in [3.8, 4) is 5.75 Å². The van der Waals surface area contributed by atoms with Crippen LogP contribution in [0.1, 0.15) is 23.2 Å². The zero-order valence-electron chi connectivity index (χ0n) is 14.0. The molecule has 0 aliphatic carbocycles. The Hall–Kier alpha value is -3.17. The Balaban J connectivity index is 2.23. The summed E-state index contributed by atoms with van der Waals surface area (Å²) in [5, 5.41) is 21.9. The van der Waals surface area contributed by atoms with E-state index in [0.29, 0.717) is 0 Å². The molecule has 2 aromatic rings. The van der Waals surface area contributed by atoms with Gasteiger partial charge in [0.05, 0.1) is 34.0 Å². The van der Waals surface area contributed by atoms with Crippen molar-refractivity contribution in [2.75, 3.05) is 5.32 Å². The number of nitrogens with zero attached hydrogens (tertiary/aromatic N) is 1. The highest BCUT2D eigenvalue weighted by molar-refractivity contribution is 6.34. The summed E-state index contributed by atoms with van der Waals surface area (Å²) >= 11 is 11.8. The van der Waals surface area contributed by atoms with E-state index in [1.807, 2.05) is 0 Å². The largest absolute Gasteiger partial charge is 0.481 e. The van der Waals surface area contributed by atoms with Crippen molar-refractivity contribution in [3.05, 3.63) is 62.1 Å². The molecule has 146 valence electrons. The maximum absolute atomic E-state index is 12.6. The SMILES string of the molecule is O=C(O)CCC(=O)Oc1ccc(Cl)cc1C(=O)Nc1ccc([N+](=O)[O-])cc1Cl. The third-order valence-corrected chi connectivity index (χ3v) is 3.91. The van der Waals surface area contributed by atoms with Gasteiger partial charge in [-0.1, -0.05) is 23.2 Å². The van der Waals surface area contributed by atoms with Gasteiger partial charge in [-0.15, -0.1) is 0 Å². The minimum Gasteiger partial charge on any atom is -0.481 e. The smallest absolute Gasteiger partial charge is 0.311 e. The van der Waals surface area contributed by atoms with Crippen LogP contribution in [0.4, 0.5) is 11.4 Å². The lowest BCUT2D eigenvalue weighted by Gasteiger charge is -2.12. The maximum atomic E-state index is 12.6. The molecule has 0 saturated carbocycles. The first kappa shape index (κ1) is 21.1. The van der Waals surface area contributed by atoms with E-state index in [1.165, 1.54) is 24.3 Å². The van der Waals surface area contributed by atoms with Crippen molar-refractivity contribution in [2.24, 2.45) is 0 Å². The van der Waals surface area contributed by atoms with E-state index in [0.717, 1.165) is 12.1 Å². The monoisotopic (exact) mass is 426 g/mol. The zero-order chi connectivity index (χ0) is 20.8. The van der Waals surface area contributed by atoms with E-state index in [2.05, 4.69) is 5.32 Å². The molecule has 0 aliphatic rings. The van der Waals surface area contributed by atoms with Crippen molar-refractivity contribution in [2.45, 2.75) is 12.8 Å². The summed E-state index contributed by atoms with van der Waals surface area (Å²) in [5.74, 6) is -2.87. The normalized spacial score (nSPS) is 10.2. The Bertz CT molecular complexity index is 963. The summed E-state index contributed by atoms with van der Waals surface area (Å²) in [6.07, 6.45) is -0.806. The first-order valence-electron chi connectivity index (χ1n) is 7.64. The van der Waals surface area contributed by atoms with E-state index in [9.17, 15) is 24.5 Å². The average molecular weight is 427 g/mol. The number of nitrogens with one attached hydrogen (secondary N) is 1. The van der Waals surface area contributed by atoms with Gasteiger partial charge in [0, 0.05) is 17.2 Å². The van der Waals surface area contributed by atoms with Gasteiger partial charge in [0.2, 0.25) is 0 Å². The van der Waals surface area contributed by atoms with E-state index < -0.39 is 29.2 Å². The second-order valence-corrected chi connectivity index (χ2v) is 6.23. The van der Waals surface area contributed by atoms with Gasteiger partial charge in [0.25, 0.3) is 11.6 Å². The van der Waals surface area contributed by atoms with Gasteiger partial charge in [0.15, 0.2) is 0 Å². The number of halogens is 2. The van der Waals surface area contributed by atoms with Gasteiger partial charge in [-0.3, -0.25) is 24.5 Å². The Labute approximate surface area is 168 Å². The molecule has 2 rings (SSSR count). The summed E-state index contributed by atoms with van der Waals surface area (Å²) < 4.78 is 5.05. The molecule has 28 heavy (non-hydrogen) atoms. The van der Waals surface area contributed by atoms with Crippen LogP contribution in [0.25, 0.3) is 0 Å². The molecule has 0 radical (unpaired) electrons. The number of carbonyl (C=O) groups is 3. The number of carbonyl (C=O) groups excluding carboxylic acids is 2. The van der Waals surface area contributed by atoms with Crippen LogP contribution < -0.4 is 10.1 Å². The van der Waals surface area contributed by atoms with E-state index >= 15 is 0 Å². The lowest BCUT2D eigenvalue weighted by Crippen LogP contribution is -2.17. The predicted molar refractivity (Wildman–Crippen MR) is 100 cm³/mol. The van der Waals surface area contributed by atoms with Crippen molar-refractivity contribution in [3.63, 3.8) is 0 Å². The molecule has 0 bridgehead atoms. The molecule has 9 nitrogen and oxygen atoms in total. The summed E-state index contributed by atoms with van der Waals surface area (Å²) in [4.78, 5) is 45.0. The van der Waals surface area contributed by atoms with Gasteiger partial charge in [-0.25, -0.2) is 0 Å². The zero-order valence-corrected chi connectivity index (χ0v) is 15.5. The Morgan fingerprint density at radius 3 is 2.43 bits per heavy atom. The van der Waals surface area contributed by atoms with Crippen molar-refractivity contribution >= 4 is 52.4 Å². The maximum Gasteiger partial charge on any atom is 0.311 e. The number of carboxylic acids is 1. The summed E-state index contributed by atoms with van der Waals surface area (Å²) in [6.45, 7) is 0. The molecule has 11 heteroatoms. The van der Waals surface area contributed by atoms with Gasteiger partial charge in [0.1, 0.15) is 5.75 Å². The van der Waals surface area contributed by atoms with E-state index in [4.69, 9.17) is 33.0 Å². The number of amides is 1. The van der Waals surface area contributed by atoms with Gasteiger partial charge in [-0.2, -0.15) is 0 Å². The first-order chi connectivity index (χ1) is 13.2. The number of anilines is 1. The standard InChI is InChI=1S/C17H12Cl2N2O7/c18-9-1-4-14(28-16(24)6-5-15(22)23)11(7-9)17(25)20-13-3-2-10(21(26)27)8-12(13)19/h1-4,7-8H,5-6H2,(H,20,25)(H,22,23). The number of nitro groups is 1. The van der Waals surface area contributed by atoms with E-state index in [1.54, 1.807) is 0 Å². The number of aliphatic carboxylic acids is 1. The lowest BCUT2D eigenvalue weighted by atomic mass is 10.1. The van der Waals surface area contributed by atoms with Crippen molar-refractivity contribution < 1.29 is 29.2 Å². The van der Waals surface area contributed by atoms with Crippen molar-refractivity contribution in [1.82, 2.24) is 0 Å². The highest BCUT2D eigenvalue weighted by Gasteiger charge is 2.19. The summed E-state index contributed by atoms with van der Waals surface area (Å²) in [6, 6.07) is 7.40. The highest BCUT2D eigenvalue weighted by atomic mass is 35.5. The number of carboxylic acid groups (broad SMARTS) is 1. The number of rotatable bonds is 7. The first-order valence-corrected chi connectivity index (χ1v) is 8.40. The number of esters is 1. The van der Waals surface area contributed by atoms with Crippen LogP contribution in [-0.4, -0.2) is 27.9 Å². The molecule has 0 fully saturated rings. The van der Waals surface area contributed by atoms with Crippen LogP contribution in [0.3, 0.4) is 0 Å². The van der Waals surface area contributed by atoms with E-state index in [-0.39, 0.29) is 39.2 Å². The molecular weight excluding hydrogens is 415 g/mol. The van der Waals surface area contributed by atoms with Crippen LogP contribution in [0.15, 0.2) is 36.4 Å². The molecule has 0 atom stereocenters. The second kappa shape index (κ2) is 9.16. The number of hydrogen-bond donors (Lipinski definition) is 2. The molecule has 0 spiro atoms. The quantitative estimate of drug-likeness (QED) is 0.296. The molecule has 0 aromatic heterocycles. The molecule has 0 unspecified atom stereocenters. The minimum atomic E-state index is -1.17. The van der Waals surface area contributed by atoms with Crippen LogP contribution in [-0.2, 0) is 9.59 Å². The van der Waals surface area contributed by atoms with Crippen LogP contribution in [0.2, 0.25) is 10.0 Å². The third kappa shape index (κ3) is 5.66. The van der Waals surface area contributed by atoms with Gasteiger partial charge in [-0.05, 0) is 24.3 Å². The molecule has 1 amide bonds. The molecule has 2 aromatic carbocycles. The second-order valence-electron chi connectivity index (χ2n) is 5.38. The van der Waals surface area contributed by atoms with Gasteiger partial charge < -0.3 is 15.2 Å². The molecule has 0 heterocycles. The fraction of sp³-hybridized carbons (Fsp3) is 0.118. The Morgan fingerprint density at radius 1 is 1.11 bits per heavy atom. The number of hydrogen-bond acceptors (Lipinski definition) is 6. The third-order valence-electron chi connectivity index (χ3n) is 3.36. The summed E-state index contributed by atoms with van der Waals surface area (Å²) in [5.41, 5.74) is -0.259. The minimum absolute atomic E-state index is 0.0652. The Kier molecular flexibility index (Phi) is 6.91. The van der Waals surface area contributed by atoms with Gasteiger partial charge >= 0.3 is 11.9 Å². The number of non-ortho nitro benzene ring substituents is 1. The lowest BCUT2D eigenvalue weighted by molar-refractivity contribution is -0.384. The van der Waals surface area contributed by atoms with Crippen LogP contribution in [0.5, 0.6) is 5.75 Å². The van der Waals surface area contributed by atoms with Crippen LogP contribution in [0, 0.1) is 10.1 Å². The Morgan fingerprint density at radius 2 is 1.82 bits per heavy atom. The molecular formula is C17H12Cl2N2O7. The summed E-state index contributed by atoms with van der Waals surface area (Å²) in [7, 11) is 0. The van der Waals surface area contributed by atoms with Crippen LogP contribution >= 0.6 is 23.2 Å². The molecule has 0 aliphatic heterocycles. The number of ether oxygens (including phenoxy) is 1. The highest BCUT2D eigenvalue weighted by Crippen LogP contribution is 2.29. The molecule has 2 N–H and O–H groups in total. The fourth-order valence-corrected chi connectivity index (χ4v) is 2.45.